The minimum Gasteiger partial charge on any atom is -0.452 e. The largest absolute Gasteiger partial charge is 0.452 e. The Morgan fingerprint density at radius 1 is 0.967 bits per heavy atom. The van der Waals surface area contributed by atoms with Crippen LogP contribution in [-0.4, -0.2) is 54.4 Å². The molecular formula is C23H24O7. The van der Waals surface area contributed by atoms with Gasteiger partial charge in [-0.15, -0.1) is 6.58 Å². The molecule has 1 heterocycles. The summed E-state index contributed by atoms with van der Waals surface area (Å²) >= 11 is 0. The molecule has 158 valence electrons. The molecule has 2 aromatic rings. The van der Waals surface area contributed by atoms with Crippen molar-refractivity contribution in [3.05, 3.63) is 84.4 Å². The molecule has 1 aliphatic heterocycles. The summed E-state index contributed by atoms with van der Waals surface area (Å²) in [6.07, 6.45) is -3.87. The molecule has 5 atom stereocenters. The van der Waals surface area contributed by atoms with Crippen molar-refractivity contribution < 1.29 is 33.6 Å². The molecule has 1 aliphatic rings. The van der Waals surface area contributed by atoms with E-state index in [4.69, 9.17) is 18.9 Å². The molecule has 0 aromatic heterocycles. The lowest BCUT2D eigenvalue weighted by Gasteiger charge is -2.42. The van der Waals surface area contributed by atoms with Crippen LogP contribution in [0.15, 0.2) is 73.3 Å². The lowest BCUT2D eigenvalue weighted by molar-refractivity contribution is -0.289. The molecule has 1 N–H and O–H groups in total. The van der Waals surface area contributed by atoms with E-state index in [9.17, 15) is 14.7 Å². The SMILES string of the molecule is C=CCO[C@@H]1O[C@@H](C)[C@H](OC(=O)c2ccccc2)[C@@H](OC(=O)c2ccccc2)[C@H]1O. The minimum absolute atomic E-state index is 0.127. The number of carbonyl (C=O) groups excluding carboxylic acids is 2. The Balaban J connectivity index is 1.82. The van der Waals surface area contributed by atoms with Crippen LogP contribution in [0.1, 0.15) is 27.6 Å². The van der Waals surface area contributed by atoms with Crippen LogP contribution in [0.3, 0.4) is 0 Å². The molecule has 2 aromatic carbocycles. The van der Waals surface area contributed by atoms with E-state index < -0.39 is 42.6 Å². The summed E-state index contributed by atoms with van der Waals surface area (Å²) in [5.41, 5.74) is 0.637. The van der Waals surface area contributed by atoms with Gasteiger partial charge < -0.3 is 24.1 Å². The van der Waals surface area contributed by atoms with Crippen LogP contribution < -0.4 is 0 Å². The number of aliphatic hydroxyl groups excluding tert-OH is 1. The Bertz CT molecular complexity index is 852. The van der Waals surface area contributed by atoms with Crippen molar-refractivity contribution in [2.75, 3.05) is 6.61 Å². The van der Waals surface area contributed by atoms with Crippen molar-refractivity contribution in [1.29, 1.82) is 0 Å². The van der Waals surface area contributed by atoms with Gasteiger partial charge in [-0.2, -0.15) is 0 Å². The zero-order chi connectivity index (χ0) is 21.5. The van der Waals surface area contributed by atoms with E-state index in [1.807, 2.05) is 0 Å². The van der Waals surface area contributed by atoms with Crippen molar-refractivity contribution in [2.45, 2.75) is 37.6 Å². The Hall–Kier alpha value is -3.00. The van der Waals surface area contributed by atoms with E-state index in [1.54, 1.807) is 67.6 Å². The quantitative estimate of drug-likeness (QED) is 0.552. The Labute approximate surface area is 174 Å². The maximum absolute atomic E-state index is 12.6. The first kappa shape index (κ1) is 21.7. The number of aliphatic hydroxyl groups is 1. The molecule has 0 saturated carbocycles. The van der Waals surface area contributed by atoms with Crippen LogP contribution in [-0.2, 0) is 18.9 Å². The van der Waals surface area contributed by atoms with Gasteiger partial charge in [-0.25, -0.2) is 9.59 Å². The minimum atomic E-state index is -1.37. The number of hydrogen-bond acceptors (Lipinski definition) is 7. The Morgan fingerprint density at radius 3 is 1.97 bits per heavy atom. The lowest BCUT2D eigenvalue weighted by atomic mass is 9.99. The Kier molecular flexibility index (Phi) is 7.35. The highest BCUT2D eigenvalue weighted by Gasteiger charge is 2.48. The van der Waals surface area contributed by atoms with Gasteiger partial charge in [-0.05, 0) is 31.2 Å². The summed E-state index contributed by atoms with van der Waals surface area (Å²) in [4.78, 5) is 25.2. The molecule has 0 spiro atoms. The summed E-state index contributed by atoms with van der Waals surface area (Å²) in [5, 5.41) is 10.8. The van der Waals surface area contributed by atoms with Crippen molar-refractivity contribution in [3.63, 3.8) is 0 Å². The molecule has 0 unspecified atom stereocenters. The van der Waals surface area contributed by atoms with Crippen LogP contribution in [0.25, 0.3) is 0 Å². The normalized spacial score (nSPS) is 25.9. The van der Waals surface area contributed by atoms with Crippen LogP contribution in [0.2, 0.25) is 0 Å². The zero-order valence-electron chi connectivity index (χ0n) is 16.5. The first-order valence-electron chi connectivity index (χ1n) is 9.59. The maximum atomic E-state index is 12.6. The molecule has 0 bridgehead atoms. The van der Waals surface area contributed by atoms with Crippen molar-refractivity contribution in [2.24, 2.45) is 0 Å². The van der Waals surface area contributed by atoms with Gasteiger partial charge in [0.1, 0.15) is 6.10 Å². The van der Waals surface area contributed by atoms with Crippen molar-refractivity contribution in [1.82, 2.24) is 0 Å². The van der Waals surface area contributed by atoms with Gasteiger partial charge in [0.25, 0.3) is 0 Å². The van der Waals surface area contributed by atoms with Gasteiger partial charge in [0, 0.05) is 0 Å². The summed E-state index contributed by atoms with van der Waals surface area (Å²) in [6, 6.07) is 16.7. The molecule has 30 heavy (non-hydrogen) atoms. The molecule has 0 aliphatic carbocycles. The number of esters is 2. The fourth-order valence-corrected chi connectivity index (χ4v) is 3.12. The number of ether oxygens (including phenoxy) is 4. The van der Waals surface area contributed by atoms with E-state index in [1.165, 1.54) is 6.08 Å². The standard InChI is InChI=1S/C23H24O7/c1-3-14-27-23-18(24)20(30-22(26)17-12-8-5-9-13-17)19(15(2)28-23)29-21(25)16-10-6-4-7-11-16/h3-13,15,18-20,23-24H,1,14H2,2H3/t15-,18+,19-,20-,23+/m0/s1. The van der Waals surface area contributed by atoms with E-state index in [2.05, 4.69) is 6.58 Å². The van der Waals surface area contributed by atoms with Gasteiger partial charge in [-0.1, -0.05) is 42.5 Å². The monoisotopic (exact) mass is 412 g/mol. The molecule has 7 heteroatoms. The first-order valence-corrected chi connectivity index (χ1v) is 9.59. The van der Waals surface area contributed by atoms with E-state index in [0.717, 1.165) is 0 Å². The molecule has 1 fully saturated rings. The van der Waals surface area contributed by atoms with Crippen LogP contribution >= 0.6 is 0 Å². The highest BCUT2D eigenvalue weighted by atomic mass is 16.7. The third kappa shape index (κ3) is 5.13. The van der Waals surface area contributed by atoms with Crippen LogP contribution in [0.4, 0.5) is 0 Å². The number of rotatable bonds is 7. The third-order valence-corrected chi connectivity index (χ3v) is 4.63. The second kappa shape index (κ2) is 10.2. The van der Waals surface area contributed by atoms with Gasteiger partial charge in [0.2, 0.25) is 0 Å². The van der Waals surface area contributed by atoms with Crippen LogP contribution in [0.5, 0.6) is 0 Å². The predicted molar refractivity (Wildman–Crippen MR) is 108 cm³/mol. The maximum Gasteiger partial charge on any atom is 0.338 e. The van der Waals surface area contributed by atoms with Gasteiger partial charge in [-0.3, -0.25) is 0 Å². The smallest absolute Gasteiger partial charge is 0.338 e. The molecule has 3 rings (SSSR count). The van der Waals surface area contributed by atoms with E-state index in [-0.39, 0.29) is 6.61 Å². The van der Waals surface area contributed by atoms with Gasteiger partial charge >= 0.3 is 11.9 Å². The average molecular weight is 412 g/mol. The van der Waals surface area contributed by atoms with Crippen LogP contribution in [0, 0.1) is 0 Å². The van der Waals surface area contributed by atoms with E-state index >= 15 is 0 Å². The number of benzene rings is 2. The summed E-state index contributed by atoms with van der Waals surface area (Å²) in [5.74, 6) is -1.27. The molecule has 7 nitrogen and oxygen atoms in total. The van der Waals surface area contributed by atoms with Crippen molar-refractivity contribution in [3.8, 4) is 0 Å². The first-order chi connectivity index (χ1) is 14.5. The summed E-state index contributed by atoms with van der Waals surface area (Å²) < 4.78 is 22.3. The van der Waals surface area contributed by atoms with Crippen molar-refractivity contribution >= 4 is 11.9 Å². The summed E-state index contributed by atoms with van der Waals surface area (Å²) in [6.45, 7) is 5.35. The highest BCUT2D eigenvalue weighted by molar-refractivity contribution is 5.90. The fraction of sp³-hybridized carbons (Fsp3) is 0.304. The summed E-state index contributed by atoms with van der Waals surface area (Å²) in [7, 11) is 0. The highest BCUT2D eigenvalue weighted by Crippen LogP contribution is 2.28. The lowest BCUT2D eigenvalue weighted by Crippen LogP contribution is -2.60. The van der Waals surface area contributed by atoms with E-state index in [0.29, 0.717) is 11.1 Å². The fourth-order valence-electron chi connectivity index (χ4n) is 3.12. The van der Waals surface area contributed by atoms with Gasteiger partial charge in [0.15, 0.2) is 18.5 Å². The number of hydrogen-bond donors (Lipinski definition) is 1. The number of carbonyl (C=O) groups is 2. The predicted octanol–water partition coefficient (Wildman–Crippen LogP) is 2.75. The second-order valence-corrected chi connectivity index (χ2v) is 6.79. The topological polar surface area (TPSA) is 91.3 Å². The molecule has 0 amide bonds. The molecule has 1 saturated heterocycles. The molecular weight excluding hydrogens is 388 g/mol. The van der Waals surface area contributed by atoms with Gasteiger partial charge in [0.05, 0.1) is 23.8 Å². The zero-order valence-corrected chi connectivity index (χ0v) is 16.5. The second-order valence-electron chi connectivity index (χ2n) is 6.79. The Morgan fingerprint density at radius 2 is 1.47 bits per heavy atom. The average Bonchev–Trinajstić information content (AvgIpc) is 2.78. The third-order valence-electron chi connectivity index (χ3n) is 4.63. The molecule has 0 radical (unpaired) electrons.